The minimum atomic E-state index is 0.177. The smallest absolute Gasteiger partial charge is 0.0585 e. The first kappa shape index (κ1) is 16.6. The van der Waals surface area contributed by atoms with Crippen molar-refractivity contribution < 1.29 is 0 Å². The highest BCUT2D eigenvalue weighted by molar-refractivity contribution is 6.20. The van der Waals surface area contributed by atoms with Crippen molar-refractivity contribution in [3.63, 3.8) is 0 Å². The minimum absolute atomic E-state index is 0.177. The van der Waals surface area contributed by atoms with E-state index in [1.54, 1.807) is 0 Å². The predicted molar refractivity (Wildman–Crippen MR) is 87.1 cm³/mol. The second-order valence-corrected chi connectivity index (χ2v) is 6.70. The van der Waals surface area contributed by atoms with Crippen LogP contribution in [0.5, 0.6) is 0 Å². The van der Waals surface area contributed by atoms with Gasteiger partial charge in [0.15, 0.2) is 0 Å². The third-order valence-corrected chi connectivity index (χ3v) is 4.72. The van der Waals surface area contributed by atoms with Crippen molar-refractivity contribution in [3.8, 4) is 0 Å². The van der Waals surface area contributed by atoms with Gasteiger partial charge in [-0.05, 0) is 29.4 Å². The van der Waals surface area contributed by atoms with E-state index in [0.29, 0.717) is 0 Å². The Bertz CT molecular complexity index is 350. The number of hydrogen-bond acceptors (Lipinski definition) is 0. The third kappa shape index (κ3) is 5.18. The highest BCUT2D eigenvalue weighted by Gasteiger charge is 2.18. The lowest BCUT2D eigenvalue weighted by atomic mass is 9.82. The van der Waals surface area contributed by atoms with E-state index >= 15 is 0 Å². The van der Waals surface area contributed by atoms with E-state index < -0.39 is 0 Å². The molecule has 1 atom stereocenters. The summed E-state index contributed by atoms with van der Waals surface area (Å²) in [5, 5.41) is 0.177. The van der Waals surface area contributed by atoms with Crippen LogP contribution in [0.4, 0.5) is 0 Å². The van der Waals surface area contributed by atoms with Gasteiger partial charge in [-0.3, -0.25) is 0 Å². The zero-order chi connectivity index (χ0) is 14.3. The van der Waals surface area contributed by atoms with Gasteiger partial charge in [0.2, 0.25) is 0 Å². The van der Waals surface area contributed by atoms with Gasteiger partial charge in [-0.25, -0.2) is 0 Å². The van der Waals surface area contributed by atoms with Crippen LogP contribution in [-0.4, -0.2) is 0 Å². The maximum absolute atomic E-state index is 6.49. The van der Waals surface area contributed by atoms with Crippen LogP contribution >= 0.6 is 11.6 Å². The number of halogens is 1. The molecule has 19 heavy (non-hydrogen) atoms. The monoisotopic (exact) mass is 280 g/mol. The van der Waals surface area contributed by atoms with Crippen LogP contribution in [0, 0.1) is 0 Å². The van der Waals surface area contributed by atoms with Crippen LogP contribution in [-0.2, 0) is 5.41 Å². The third-order valence-electron chi connectivity index (χ3n) is 4.25. The Morgan fingerprint density at radius 1 is 1.00 bits per heavy atom. The summed E-state index contributed by atoms with van der Waals surface area (Å²) in [6.07, 6.45) is 7.41. The summed E-state index contributed by atoms with van der Waals surface area (Å²) in [4.78, 5) is 0. The van der Waals surface area contributed by atoms with Crippen LogP contribution < -0.4 is 0 Å². The molecular formula is C18H29Cl. The molecule has 0 aliphatic rings. The maximum Gasteiger partial charge on any atom is 0.0585 e. The van der Waals surface area contributed by atoms with Gasteiger partial charge in [0.25, 0.3) is 0 Å². The average molecular weight is 281 g/mol. The fourth-order valence-electron chi connectivity index (χ4n) is 2.26. The SMILES string of the molecule is CCCCCCC(Cl)c1ccc(C(C)(C)CC)cc1. The minimum Gasteiger partial charge on any atom is -0.118 e. The van der Waals surface area contributed by atoms with Crippen molar-refractivity contribution in [1.82, 2.24) is 0 Å². The second-order valence-electron chi connectivity index (χ2n) is 6.18. The Labute approximate surface area is 124 Å². The van der Waals surface area contributed by atoms with E-state index in [-0.39, 0.29) is 10.8 Å². The average Bonchev–Trinajstić information content (AvgIpc) is 2.43. The van der Waals surface area contributed by atoms with E-state index in [1.807, 2.05) is 0 Å². The highest BCUT2D eigenvalue weighted by Crippen LogP contribution is 2.31. The molecule has 0 bridgehead atoms. The number of alkyl halides is 1. The van der Waals surface area contributed by atoms with Crippen LogP contribution in [0.25, 0.3) is 0 Å². The van der Waals surface area contributed by atoms with E-state index in [0.717, 1.165) is 12.8 Å². The van der Waals surface area contributed by atoms with Crippen LogP contribution in [0.2, 0.25) is 0 Å². The molecule has 0 fully saturated rings. The first-order chi connectivity index (χ1) is 9.01. The van der Waals surface area contributed by atoms with E-state index in [1.165, 1.54) is 36.8 Å². The van der Waals surface area contributed by atoms with Gasteiger partial charge in [0.05, 0.1) is 5.38 Å². The van der Waals surface area contributed by atoms with Gasteiger partial charge >= 0.3 is 0 Å². The fourth-order valence-corrected chi connectivity index (χ4v) is 2.56. The van der Waals surface area contributed by atoms with Crippen molar-refractivity contribution in [2.24, 2.45) is 0 Å². The Hall–Kier alpha value is -0.490. The molecule has 0 saturated carbocycles. The molecule has 0 aliphatic carbocycles. The van der Waals surface area contributed by atoms with E-state index in [9.17, 15) is 0 Å². The molecule has 0 heterocycles. The Morgan fingerprint density at radius 2 is 1.63 bits per heavy atom. The van der Waals surface area contributed by atoms with Crippen molar-refractivity contribution in [1.29, 1.82) is 0 Å². The zero-order valence-electron chi connectivity index (χ0n) is 13.0. The standard InChI is InChI=1S/C18H29Cl/c1-5-7-8-9-10-17(19)15-11-13-16(14-12-15)18(3,4)6-2/h11-14,17H,5-10H2,1-4H3. The molecule has 1 aromatic carbocycles. The van der Waals surface area contributed by atoms with Crippen LogP contribution in [0.3, 0.4) is 0 Å². The summed E-state index contributed by atoms with van der Waals surface area (Å²) in [6.45, 7) is 9.08. The highest BCUT2D eigenvalue weighted by atomic mass is 35.5. The first-order valence-electron chi connectivity index (χ1n) is 7.75. The zero-order valence-corrected chi connectivity index (χ0v) is 13.8. The van der Waals surface area contributed by atoms with Gasteiger partial charge in [-0.1, -0.05) is 77.6 Å². The van der Waals surface area contributed by atoms with Gasteiger partial charge in [0, 0.05) is 0 Å². The first-order valence-corrected chi connectivity index (χ1v) is 8.19. The largest absolute Gasteiger partial charge is 0.118 e. The normalized spacial score (nSPS) is 13.5. The molecule has 0 spiro atoms. The number of rotatable bonds is 8. The summed E-state index contributed by atoms with van der Waals surface area (Å²) in [6, 6.07) is 8.93. The van der Waals surface area contributed by atoms with Crippen molar-refractivity contribution in [2.75, 3.05) is 0 Å². The lowest BCUT2D eigenvalue weighted by molar-refractivity contribution is 0.506. The topological polar surface area (TPSA) is 0 Å². The number of benzene rings is 1. The van der Waals surface area contributed by atoms with E-state index in [4.69, 9.17) is 11.6 Å². The lowest BCUT2D eigenvalue weighted by Crippen LogP contribution is -2.15. The molecule has 1 aromatic rings. The molecule has 0 aromatic heterocycles. The molecule has 0 radical (unpaired) electrons. The van der Waals surface area contributed by atoms with Crippen molar-refractivity contribution in [2.45, 2.75) is 77.0 Å². The summed E-state index contributed by atoms with van der Waals surface area (Å²) >= 11 is 6.49. The lowest BCUT2D eigenvalue weighted by Gasteiger charge is -2.23. The predicted octanol–water partition coefficient (Wildman–Crippen LogP) is 6.62. The Balaban J connectivity index is 2.56. The molecular weight excluding hydrogens is 252 g/mol. The summed E-state index contributed by atoms with van der Waals surface area (Å²) in [5.41, 5.74) is 2.95. The second kappa shape index (κ2) is 7.94. The van der Waals surface area contributed by atoms with Crippen molar-refractivity contribution in [3.05, 3.63) is 35.4 Å². The molecule has 108 valence electrons. The van der Waals surface area contributed by atoms with Gasteiger partial charge < -0.3 is 0 Å². The van der Waals surface area contributed by atoms with Crippen LogP contribution in [0.1, 0.15) is 82.7 Å². The Morgan fingerprint density at radius 3 is 2.16 bits per heavy atom. The number of unbranched alkanes of at least 4 members (excludes halogenated alkanes) is 3. The van der Waals surface area contributed by atoms with Crippen LogP contribution in [0.15, 0.2) is 24.3 Å². The van der Waals surface area contributed by atoms with Crippen molar-refractivity contribution >= 4 is 11.6 Å². The molecule has 0 N–H and O–H groups in total. The van der Waals surface area contributed by atoms with Gasteiger partial charge in [0.1, 0.15) is 0 Å². The number of hydrogen-bond donors (Lipinski definition) is 0. The quantitative estimate of drug-likeness (QED) is 0.370. The molecule has 0 nitrogen and oxygen atoms in total. The molecule has 0 amide bonds. The molecule has 0 saturated heterocycles. The van der Waals surface area contributed by atoms with E-state index in [2.05, 4.69) is 52.0 Å². The van der Waals surface area contributed by atoms with Gasteiger partial charge in [-0.2, -0.15) is 0 Å². The molecule has 1 rings (SSSR count). The molecule has 0 aliphatic heterocycles. The molecule has 1 unspecified atom stereocenters. The Kier molecular flexibility index (Phi) is 6.93. The molecule has 1 heteroatoms. The fraction of sp³-hybridized carbons (Fsp3) is 0.667. The van der Waals surface area contributed by atoms with Gasteiger partial charge in [-0.15, -0.1) is 11.6 Å². The summed E-state index contributed by atoms with van der Waals surface area (Å²) in [7, 11) is 0. The summed E-state index contributed by atoms with van der Waals surface area (Å²) < 4.78 is 0. The summed E-state index contributed by atoms with van der Waals surface area (Å²) in [5.74, 6) is 0. The maximum atomic E-state index is 6.49.